The van der Waals surface area contributed by atoms with Crippen molar-refractivity contribution in [1.82, 2.24) is 10.5 Å². The van der Waals surface area contributed by atoms with E-state index in [1.54, 1.807) is 32.0 Å². The summed E-state index contributed by atoms with van der Waals surface area (Å²) in [5, 5.41) is 8.28. The summed E-state index contributed by atoms with van der Waals surface area (Å²) >= 11 is 0. The van der Waals surface area contributed by atoms with E-state index < -0.39 is 41.5 Å². The number of carbonyl (C=O) groups excluding carboxylic acids is 2. The number of aromatic nitrogens is 1. The van der Waals surface area contributed by atoms with Gasteiger partial charge in [0.05, 0.1) is 29.1 Å². The average Bonchev–Trinajstić information content (AvgIpc) is 3.08. The summed E-state index contributed by atoms with van der Waals surface area (Å²) in [5.41, 5.74) is 1.05. The fraction of sp³-hybridized carbons (Fsp3) is 0.190. The maximum atomic E-state index is 13.7. The van der Waals surface area contributed by atoms with Crippen LogP contribution in [0.4, 0.5) is 18.9 Å². The second-order valence-electron chi connectivity index (χ2n) is 6.54. The monoisotopic (exact) mass is 433 g/mol. The highest BCUT2D eigenvalue weighted by atomic mass is 19.2. The van der Waals surface area contributed by atoms with Crippen molar-refractivity contribution in [2.75, 3.05) is 11.9 Å². The number of hydrogen-bond acceptors (Lipinski definition) is 5. The molecule has 0 aliphatic heterocycles. The summed E-state index contributed by atoms with van der Waals surface area (Å²) in [6.07, 6.45) is 0. The molecular formula is C21H18F3N3O4. The number of amides is 2. The Morgan fingerprint density at radius 2 is 1.81 bits per heavy atom. The van der Waals surface area contributed by atoms with Gasteiger partial charge in [0.1, 0.15) is 18.1 Å². The first-order chi connectivity index (χ1) is 14.8. The largest absolute Gasteiger partial charge is 0.488 e. The first-order valence-corrected chi connectivity index (χ1v) is 9.13. The number of hydrogen-bond donors (Lipinski definition) is 2. The zero-order chi connectivity index (χ0) is 22.5. The quantitative estimate of drug-likeness (QED) is 0.555. The Bertz CT molecular complexity index is 1110. The second-order valence-corrected chi connectivity index (χ2v) is 6.54. The maximum Gasteiger partial charge on any atom is 0.255 e. The first kappa shape index (κ1) is 21.9. The van der Waals surface area contributed by atoms with E-state index in [2.05, 4.69) is 15.8 Å². The van der Waals surface area contributed by atoms with E-state index in [1.807, 2.05) is 0 Å². The summed E-state index contributed by atoms with van der Waals surface area (Å²) in [5.74, 6) is -5.18. The normalized spacial score (nSPS) is 10.6. The maximum absolute atomic E-state index is 13.7. The Morgan fingerprint density at radius 1 is 1.06 bits per heavy atom. The van der Waals surface area contributed by atoms with E-state index in [0.29, 0.717) is 17.5 Å². The van der Waals surface area contributed by atoms with Crippen molar-refractivity contribution >= 4 is 17.5 Å². The van der Waals surface area contributed by atoms with Gasteiger partial charge in [0.2, 0.25) is 5.91 Å². The lowest BCUT2D eigenvalue weighted by Gasteiger charge is -2.12. The molecule has 0 radical (unpaired) electrons. The van der Waals surface area contributed by atoms with E-state index in [-0.39, 0.29) is 17.9 Å². The van der Waals surface area contributed by atoms with Crippen LogP contribution in [0.2, 0.25) is 0 Å². The predicted molar refractivity (Wildman–Crippen MR) is 104 cm³/mol. The Balaban J connectivity index is 1.62. The van der Waals surface area contributed by atoms with Crippen LogP contribution in [0, 0.1) is 31.3 Å². The molecule has 0 aliphatic carbocycles. The lowest BCUT2D eigenvalue weighted by atomic mass is 10.2. The van der Waals surface area contributed by atoms with Crippen LogP contribution in [0.1, 0.15) is 27.4 Å². The van der Waals surface area contributed by atoms with Crippen molar-refractivity contribution in [3.63, 3.8) is 0 Å². The topological polar surface area (TPSA) is 93.5 Å². The standard InChI is InChI=1S/C21H18F3N3O4/c1-11-14(12(2)31-27-11)10-30-17-6-4-3-5-13(17)21(29)25-9-18(28)26-16-8-7-15(22)19(23)20(16)24/h3-8H,9-10H2,1-2H3,(H,25,29)(H,26,28). The number of carbonyl (C=O) groups is 2. The predicted octanol–water partition coefficient (Wildman–Crippen LogP) is 3.66. The lowest BCUT2D eigenvalue weighted by Crippen LogP contribution is -2.33. The third-order valence-corrected chi connectivity index (χ3v) is 4.40. The van der Waals surface area contributed by atoms with Crippen LogP contribution in [0.15, 0.2) is 40.9 Å². The van der Waals surface area contributed by atoms with Crippen molar-refractivity contribution in [2.24, 2.45) is 0 Å². The number of nitrogens with one attached hydrogen (secondary N) is 2. The van der Waals surface area contributed by atoms with E-state index in [1.165, 1.54) is 6.07 Å². The van der Waals surface area contributed by atoms with E-state index in [4.69, 9.17) is 9.26 Å². The van der Waals surface area contributed by atoms with E-state index in [0.717, 1.165) is 11.6 Å². The molecule has 0 aliphatic rings. The number of benzene rings is 2. The fourth-order valence-corrected chi connectivity index (χ4v) is 2.71. The number of nitrogens with zero attached hydrogens (tertiary/aromatic N) is 1. The highest BCUT2D eigenvalue weighted by Crippen LogP contribution is 2.22. The minimum atomic E-state index is -1.70. The van der Waals surface area contributed by atoms with Gasteiger partial charge in [-0.1, -0.05) is 17.3 Å². The van der Waals surface area contributed by atoms with E-state index in [9.17, 15) is 22.8 Å². The molecule has 3 aromatic rings. The molecule has 0 saturated carbocycles. The zero-order valence-corrected chi connectivity index (χ0v) is 16.6. The summed E-state index contributed by atoms with van der Waals surface area (Å²) in [6.45, 7) is 3.10. The summed E-state index contributed by atoms with van der Waals surface area (Å²) < 4.78 is 50.7. The summed E-state index contributed by atoms with van der Waals surface area (Å²) in [4.78, 5) is 24.5. The Labute approximate surface area is 175 Å². The molecule has 2 aromatic carbocycles. The van der Waals surface area contributed by atoms with Gasteiger partial charge in [-0.05, 0) is 38.1 Å². The van der Waals surface area contributed by atoms with Crippen LogP contribution >= 0.6 is 0 Å². The van der Waals surface area contributed by atoms with Gasteiger partial charge >= 0.3 is 0 Å². The van der Waals surface area contributed by atoms with Crippen molar-refractivity contribution in [1.29, 1.82) is 0 Å². The minimum absolute atomic E-state index is 0.126. The number of rotatable bonds is 7. The molecule has 0 unspecified atom stereocenters. The van der Waals surface area contributed by atoms with Gasteiger partial charge in [-0.15, -0.1) is 0 Å². The van der Waals surface area contributed by atoms with Gasteiger partial charge in [-0.2, -0.15) is 0 Å². The summed E-state index contributed by atoms with van der Waals surface area (Å²) in [6, 6.07) is 7.95. The molecule has 0 saturated heterocycles. The van der Waals surface area contributed by atoms with Crippen LogP contribution < -0.4 is 15.4 Å². The van der Waals surface area contributed by atoms with Crippen LogP contribution in [0.3, 0.4) is 0 Å². The first-order valence-electron chi connectivity index (χ1n) is 9.13. The van der Waals surface area contributed by atoms with Crippen molar-refractivity contribution in [3.8, 4) is 5.75 Å². The SMILES string of the molecule is Cc1noc(C)c1COc1ccccc1C(=O)NCC(=O)Nc1ccc(F)c(F)c1F. The van der Waals surface area contributed by atoms with Gasteiger partial charge < -0.3 is 19.9 Å². The zero-order valence-electron chi connectivity index (χ0n) is 16.6. The van der Waals surface area contributed by atoms with Gasteiger partial charge in [0.25, 0.3) is 5.91 Å². The number of ether oxygens (including phenoxy) is 1. The molecule has 7 nitrogen and oxygen atoms in total. The number of halogens is 3. The molecular weight excluding hydrogens is 415 g/mol. The van der Waals surface area contributed by atoms with Gasteiger partial charge in [0, 0.05) is 0 Å². The third-order valence-electron chi connectivity index (χ3n) is 4.40. The molecule has 1 heterocycles. The van der Waals surface area contributed by atoms with Crippen LogP contribution in [-0.4, -0.2) is 23.5 Å². The summed E-state index contributed by atoms with van der Waals surface area (Å²) in [7, 11) is 0. The van der Waals surface area contributed by atoms with Crippen LogP contribution in [0.25, 0.3) is 0 Å². The van der Waals surface area contributed by atoms with Gasteiger partial charge in [-0.3, -0.25) is 9.59 Å². The molecule has 3 rings (SSSR count). The van der Waals surface area contributed by atoms with Crippen molar-refractivity contribution in [3.05, 3.63) is 76.4 Å². The third kappa shape index (κ3) is 5.03. The molecule has 0 spiro atoms. The van der Waals surface area contributed by atoms with Crippen molar-refractivity contribution < 1.29 is 32.0 Å². The molecule has 0 fully saturated rings. The smallest absolute Gasteiger partial charge is 0.255 e. The number of anilines is 1. The number of aryl methyl sites for hydroxylation is 2. The van der Waals surface area contributed by atoms with Gasteiger partial charge in [0.15, 0.2) is 17.5 Å². The number of para-hydroxylation sites is 1. The Hall–Kier alpha value is -3.82. The second kappa shape index (κ2) is 9.33. The Morgan fingerprint density at radius 3 is 2.52 bits per heavy atom. The van der Waals surface area contributed by atoms with E-state index >= 15 is 0 Å². The van der Waals surface area contributed by atoms with Crippen LogP contribution in [0.5, 0.6) is 5.75 Å². The van der Waals surface area contributed by atoms with Crippen LogP contribution in [-0.2, 0) is 11.4 Å². The lowest BCUT2D eigenvalue weighted by molar-refractivity contribution is -0.115. The molecule has 2 N–H and O–H groups in total. The average molecular weight is 433 g/mol. The highest BCUT2D eigenvalue weighted by molar-refractivity contribution is 6.00. The molecule has 31 heavy (non-hydrogen) atoms. The minimum Gasteiger partial charge on any atom is -0.488 e. The highest BCUT2D eigenvalue weighted by Gasteiger charge is 2.18. The fourth-order valence-electron chi connectivity index (χ4n) is 2.71. The molecule has 0 bridgehead atoms. The molecule has 162 valence electrons. The molecule has 0 atom stereocenters. The van der Waals surface area contributed by atoms with Gasteiger partial charge in [-0.25, -0.2) is 13.2 Å². The molecule has 10 heteroatoms. The molecule has 2 amide bonds. The Kier molecular flexibility index (Phi) is 6.58. The van der Waals surface area contributed by atoms with Crippen molar-refractivity contribution in [2.45, 2.75) is 20.5 Å². The molecule has 1 aromatic heterocycles.